The van der Waals surface area contributed by atoms with Gasteiger partial charge < -0.3 is 10.6 Å². The van der Waals surface area contributed by atoms with E-state index < -0.39 is 0 Å². The Morgan fingerprint density at radius 2 is 1.77 bits per heavy atom. The fraction of sp³-hybridized carbons (Fsp3) is 0.611. The fourth-order valence-corrected chi connectivity index (χ4v) is 5.78. The molecule has 4 aliphatic carbocycles. The summed E-state index contributed by atoms with van der Waals surface area (Å²) in [4.78, 5) is 12.4. The zero-order chi connectivity index (χ0) is 15.2. The van der Waals surface area contributed by atoms with Gasteiger partial charge in [0.25, 0.3) is 0 Å². The van der Waals surface area contributed by atoms with Crippen molar-refractivity contribution >= 4 is 27.5 Å². The molecule has 1 aromatic rings. The monoisotopic (exact) mass is 362 g/mol. The summed E-state index contributed by atoms with van der Waals surface area (Å²) in [5.41, 5.74) is 1.10. The molecule has 4 aliphatic rings. The Balaban J connectivity index is 1.36. The van der Waals surface area contributed by atoms with Crippen LogP contribution in [0.1, 0.15) is 38.5 Å². The van der Waals surface area contributed by atoms with Crippen LogP contribution < -0.4 is 10.6 Å². The van der Waals surface area contributed by atoms with E-state index in [1.165, 1.54) is 38.5 Å². The number of nitrogens with one attached hydrogen (secondary N) is 2. The topological polar surface area (TPSA) is 41.1 Å². The molecule has 0 unspecified atom stereocenters. The molecular weight excluding hydrogens is 340 g/mol. The quantitative estimate of drug-likeness (QED) is 0.851. The van der Waals surface area contributed by atoms with Crippen molar-refractivity contribution in [3.63, 3.8) is 0 Å². The highest BCUT2D eigenvalue weighted by atomic mass is 79.9. The van der Waals surface area contributed by atoms with Crippen LogP contribution in [0.15, 0.2) is 28.7 Å². The molecule has 3 nitrogen and oxygen atoms in total. The highest BCUT2D eigenvalue weighted by Gasteiger charge is 2.51. The zero-order valence-electron chi connectivity index (χ0n) is 12.8. The Labute approximate surface area is 140 Å². The summed E-state index contributed by atoms with van der Waals surface area (Å²) in [6, 6.07) is 7.95. The number of hydrogen-bond donors (Lipinski definition) is 2. The van der Waals surface area contributed by atoms with Gasteiger partial charge in [0.1, 0.15) is 0 Å². The van der Waals surface area contributed by atoms with Crippen LogP contribution in [0.25, 0.3) is 0 Å². The van der Waals surface area contributed by atoms with Crippen LogP contribution >= 0.6 is 15.9 Å². The summed E-state index contributed by atoms with van der Waals surface area (Å²) in [6.07, 6.45) is 7.85. The molecule has 4 heteroatoms. The van der Waals surface area contributed by atoms with E-state index >= 15 is 0 Å². The molecule has 0 atom stereocenters. The van der Waals surface area contributed by atoms with Gasteiger partial charge in [0.2, 0.25) is 5.91 Å². The normalized spacial score (nSPS) is 35.4. The third-order valence-corrected chi connectivity index (χ3v) is 6.21. The van der Waals surface area contributed by atoms with Crippen molar-refractivity contribution in [1.29, 1.82) is 0 Å². The van der Waals surface area contributed by atoms with Crippen molar-refractivity contribution in [2.24, 2.45) is 17.8 Å². The molecule has 0 aliphatic heterocycles. The van der Waals surface area contributed by atoms with Gasteiger partial charge in [0.05, 0.1) is 6.54 Å². The number of carbonyl (C=O) groups excluding carboxylic acids is 1. The fourth-order valence-electron chi connectivity index (χ4n) is 5.38. The number of rotatable bonds is 4. The van der Waals surface area contributed by atoms with Crippen LogP contribution in [0.3, 0.4) is 0 Å². The van der Waals surface area contributed by atoms with Gasteiger partial charge in [-0.25, -0.2) is 0 Å². The van der Waals surface area contributed by atoms with E-state index in [-0.39, 0.29) is 11.4 Å². The maximum Gasteiger partial charge on any atom is 0.239 e. The Morgan fingerprint density at radius 1 is 1.14 bits per heavy atom. The molecule has 0 saturated heterocycles. The molecule has 1 amide bonds. The number of carbonyl (C=O) groups is 1. The van der Waals surface area contributed by atoms with Crippen molar-refractivity contribution in [3.8, 4) is 0 Å². The van der Waals surface area contributed by atoms with E-state index in [0.717, 1.165) is 27.9 Å². The van der Waals surface area contributed by atoms with Crippen LogP contribution in [-0.4, -0.2) is 18.0 Å². The molecule has 0 spiro atoms. The Kier molecular flexibility index (Phi) is 3.67. The maximum absolute atomic E-state index is 12.4. The number of anilines is 1. The summed E-state index contributed by atoms with van der Waals surface area (Å²) >= 11 is 3.45. The smallest absolute Gasteiger partial charge is 0.239 e. The third kappa shape index (κ3) is 2.90. The van der Waals surface area contributed by atoms with E-state index in [2.05, 4.69) is 26.6 Å². The predicted molar refractivity (Wildman–Crippen MR) is 91.7 cm³/mol. The largest absolute Gasteiger partial charge is 0.376 e. The van der Waals surface area contributed by atoms with Gasteiger partial charge in [-0.15, -0.1) is 0 Å². The molecule has 0 radical (unpaired) electrons. The first-order valence-electron chi connectivity index (χ1n) is 8.41. The van der Waals surface area contributed by atoms with Gasteiger partial charge in [0, 0.05) is 15.7 Å². The molecule has 5 rings (SSSR count). The summed E-state index contributed by atoms with van der Waals surface area (Å²) in [5, 5.41) is 6.62. The van der Waals surface area contributed by atoms with Gasteiger partial charge in [-0.2, -0.15) is 0 Å². The maximum atomic E-state index is 12.4. The van der Waals surface area contributed by atoms with Crippen LogP contribution in [0.2, 0.25) is 0 Å². The lowest BCUT2D eigenvalue weighted by Gasteiger charge is -2.56. The van der Waals surface area contributed by atoms with Gasteiger partial charge in [-0.05, 0) is 74.5 Å². The van der Waals surface area contributed by atoms with Gasteiger partial charge in [0.15, 0.2) is 0 Å². The average molecular weight is 363 g/mol. The number of benzene rings is 1. The molecule has 4 bridgehead atoms. The van der Waals surface area contributed by atoms with E-state index in [1.54, 1.807) is 0 Å². The second-order valence-corrected chi connectivity index (χ2v) is 8.53. The minimum absolute atomic E-state index is 0.116. The lowest BCUT2D eigenvalue weighted by Crippen LogP contribution is -2.60. The SMILES string of the molecule is O=C(CNc1cccc(Br)c1)NC12CC3CC(CC(C3)C1)C2. The molecule has 1 aromatic carbocycles. The second kappa shape index (κ2) is 5.55. The van der Waals surface area contributed by atoms with Crippen molar-refractivity contribution in [1.82, 2.24) is 5.32 Å². The summed E-state index contributed by atoms with van der Waals surface area (Å²) in [6.45, 7) is 0.359. The molecule has 4 fully saturated rings. The van der Waals surface area contributed by atoms with Crippen molar-refractivity contribution in [3.05, 3.63) is 28.7 Å². The molecule has 118 valence electrons. The average Bonchev–Trinajstić information content (AvgIpc) is 2.43. The van der Waals surface area contributed by atoms with E-state index in [0.29, 0.717) is 6.54 Å². The first-order chi connectivity index (χ1) is 10.6. The highest BCUT2D eigenvalue weighted by molar-refractivity contribution is 9.10. The first-order valence-corrected chi connectivity index (χ1v) is 9.20. The van der Waals surface area contributed by atoms with Gasteiger partial charge in [-0.1, -0.05) is 22.0 Å². The van der Waals surface area contributed by atoms with Crippen LogP contribution in [0.5, 0.6) is 0 Å². The third-order valence-electron chi connectivity index (χ3n) is 5.72. The summed E-state index contributed by atoms with van der Waals surface area (Å²) in [5.74, 6) is 2.74. The van der Waals surface area contributed by atoms with Gasteiger partial charge in [-0.3, -0.25) is 4.79 Å². The second-order valence-electron chi connectivity index (χ2n) is 7.61. The molecule has 0 aromatic heterocycles. The lowest BCUT2D eigenvalue weighted by atomic mass is 9.53. The molecule has 2 N–H and O–H groups in total. The van der Waals surface area contributed by atoms with Crippen molar-refractivity contribution in [2.75, 3.05) is 11.9 Å². The predicted octanol–water partition coefficient (Wildman–Crippen LogP) is 3.95. The Hall–Kier alpha value is -1.03. The molecular formula is C18H23BrN2O. The standard InChI is InChI=1S/C18H23BrN2O/c19-15-2-1-3-16(7-15)20-11-17(22)21-18-8-12-4-13(9-18)6-14(5-12)10-18/h1-3,7,12-14,20H,4-6,8-11H2,(H,21,22). The summed E-state index contributed by atoms with van der Waals surface area (Å²) < 4.78 is 1.03. The number of halogens is 1. The minimum Gasteiger partial charge on any atom is -0.376 e. The zero-order valence-corrected chi connectivity index (χ0v) is 14.4. The molecule has 22 heavy (non-hydrogen) atoms. The van der Waals surface area contributed by atoms with E-state index in [1.807, 2.05) is 24.3 Å². The first kappa shape index (κ1) is 14.6. The highest BCUT2D eigenvalue weighted by Crippen LogP contribution is 2.55. The van der Waals surface area contributed by atoms with E-state index in [4.69, 9.17) is 0 Å². The van der Waals surface area contributed by atoms with Crippen LogP contribution in [0, 0.1) is 17.8 Å². The minimum atomic E-state index is 0.116. The Morgan fingerprint density at radius 3 is 2.36 bits per heavy atom. The number of amides is 1. The van der Waals surface area contributed by atoms with Crippen LogP contribution in [-0.2, 0) is 4.79 Å². The lowest BCUT2D eigenvalue weighted by molar-refractivity contribution is -0.125. The van der Waals surface area contributed by atoms with Crippen molar-refractivity contribution in [2.45, 2.75) is 44.1 Å². The number of hydrogen-bond acceptors (Lipinski definition) is 2. The van der Waals surface area contributed by atoms with Crippen molar-refractivity contribution < 1.29 is 4.79 Å². The summed E-state index contributed by atoms with van der Waals surface area (Å²) in [7, 11) is 0. The van der Waals surface area contributed by atoms with Gasteiger partial charge >= 0.3 is 0 Å². The Bertz CT molecular complexity index is 551. The molecule has 0 heterocycles. The molecule has 4 saturated carbocycles. The van der Waals surface area contributed by atoms with Crippen LogP contribution in [0.4, 0.5) is 5.69 Å². The van der Waals surface area contributed by atoms with E-state index in [9.17, 15) is 4.79 Å².